The molecule has 0 saturated carbocycles. The Labute approximate surface area is 171 Å². The molecule has 148 valence electrons. The number of carbonyl (C=O) groups excluding carboxylic acids is 1. The Morgan fingerprint density at radius 2 is 1.90 bits per heavy atom. The van der Waals surface area contributed by atoms with Crippen molar-refractivity contribution in [2.45, 2.75) is 37.9 Å². The van der Waals surface area contributed by atoms with Gasteiger partial charge in [0.15, 0.2) is 0 Å². The predicted molar refractivity (Wildman–Crippen MR) is 112 cm³/mol. The van der Waals surface area contributed by atoms with E-state index in [9.17, 15) is 10.1 Å². The lowest BCUT2D eigenvalue weighted by Gasteiger charge is -2.41. The first-order valence-electron chi connectivity index (χ1n) is 9.93. The molecule has 1 aliphatic heterocycles. The summed E-state index contributed by atoms with van der Waals surface area (Å²) in [6, 6.07) is 20.9. The highest BCUT2D eigenvalue weighted by atomic mass is 16.5. The molecule has 3 aromatic rings. The van der Waals surface area contributed by atoms with Crippen molar-refractivity contribution in [2.75, 3.05) is 7.11 Å². The van der Waals surface area contributed by atoms with E-state index in [0.29, 0.717) is 13.0 Å². The lowest BCUT2D eigenvalue weighted by molar-refractivity contribution is -0.142. The van der Waals surface area contributed by atoms with Gasteiger partial charge >= 0.3 is 5.97 Å². The molecule has 2 heterocycles. The molecule has 5 nitrogen and oxygen atoms in total. The number of benzene rings is 2. The fourth-order valence-corrected chi connectivity index (χ4v) is 4.68. The highest BCUT2D eigenvalue weighted by Crippen LogP contribution is 2.42. The van der Waals surface area contributed by atoms with Crippen molar-refractivity contribution in [1.29, 1.82) is 5.26 Å². The molecule has 2 atom stereocenters. The van der Waals surface area contributed by atoms with Crippen molar-refractivity contribution in [3.05, 3.63) is 71.4 Å². The number of carbonyl (C=O) groups is 1. The molecule has 0 amide bonds. The van der Waals surface area contributed by atoms with Crippen LogP contribution in [0, 0.1) is 11.3 Å². The highest BCUT2D eigenvalue weighted by Gasteiger charge is 2.39. The van der Waals surface area contributed by atoms with Crippen LogP contribution in [0.2, 0.25) is 0 Å². The van der Waals surface area contributed by atoms with Gasteiger partial charge in [-0.3, -0.25) is 9.69 Å². The Kier molecular flexibility index (Phi) is 5.37. The highest BCUT2D eigenvalue weighted by molar-refractivity contribution is 5.86. The maximum atomic E-state index is 12.4. The van der Waals surface area contributed by atoms with E-state index in [2.05, 4.69) is 46.8 Å². The molecular formula is C24H25N3O2. The number of aryl methyl sites for hydroxylation is 1. The molecule has 0 spiro atoms. The van der Waals surface area contributed by atoms with E-state index in [-0.39, 0.29) is 24.5 Å². The molecule has 2 aromatic carbocycles. The Hall–Kier alpha value is -3.10. The van der Waals surface area contributed by atoms with Crippen LogP contribution in [0.4, 0.5) is 0 Å². The Bertz CT molecular complexity index is 1060. The number of methoxy groups -OCH3 is 1. The predicted octanol–water partition coefficient (Wildman–Crippen LogP) is 4.12. The number of rotatable bonds is 5. The number of aromatic nitrogens is 1. The fraction of sp³-hybridized carbons (Fsp3) is 0.333. The standard InChI is InChI=1S/C24H25N3O2/c1-26-21-11-7-6-10-19(21)20-14-18(12-13-25)27(16-17-8-4-3-5-9-17)22(24(20)26)15-23(28)29-2/h3-11,18,22H,12,14-16H2,1-2H3/t18-,22+/m1/s1. The smallest absolute Gasteiger partial charge is 0.307 e. The van der Waals surface area contributed by atoms with Crippen LogP contribution in [0.25, 0.3) is 10.9 Å². The number of hydrogen-bond donors (Lipinski definition) is 0. The summed E-state index contributed by atoms with van der Waals surface area (Å²) in [5.41, 5.74) is 4.74. The van der Waals surface area contributed by atoms with E-state index >= 15 is 0 Å². The molecule has 5 heteroatoms. The third kappa shape index (κ3) is 3.52. The Morgan fingerprint density at radius 3 is 2.62 bits per heavy atom. The van der Waals surface area contributed by atoms with Crippen LogP contribution in [0.3, 0.4) is 0 Å². The second-order valence-electron chi connectivity index (χ2n) is 7.61. The van der Waals surface area contributed by atoms with Gasteiger partial charge in [0.1, 0.15) is 0 Å². The zero-order valence-corrected chi connectivity index (χ0v) is 16.8. The molecule has 1 aliphatic rings. The zero-order valence-electron chi connectivity index (χ0n) is 16.8. The minimum Gasteiger partial charge on any atom is -0.469 e. The van der Waals surface area contributed by atoms with Gasteiger partial charge < -0.3 is 9.30 Å². The first-order valence-corrected chi connectivity index (χ1v) is 9.93. The van der Waals surface area contributed by atoms with Crippen LogP contribution in [-0.4, -0.2) is 28.6 Å². The van der Waals surface area contributed by atoms with E-state index in [1.807, 2.05) is 30.3 Å². The quantitative estimate of drug-likeness (QED) is 0.618. The number of nitrogens with zero attached hydrogens (tertiary/aromatic N) is 3. The summed E-state index contributed by atoms with van der Waals surface area (Å²) < 4.78 is 7.24. The summed E-state index contributed by atoms with van der Waals surface area (Å²) in [6.45, 7) is 0.690. The molecule has 0 fully saturated rings. The zero-order chi connectivity index (χ0) is 20.4. The van der Waals surface area contributed by atoms with Crippen molar-refractivity contribution < 1.29 is 9.53 Å². The average Bonchev–Trinajstić information content (AvgIpc) is 3.03. The van der Waals surface area contributed by atoms with E-state index in [0.717, 1.165) is 17.6 Å². The van der Waals surface area contributed by atoms with Gasteiger partial charge in [-0.15, -0.1) is 0 Å². The number of esters is 1. The molecule has 1 aromatic heterocycles. The number of hydrogen-bond acceptors (Lipinski definition) is 4. The van der Waals surface area contributed by atoms with E-state index < -0.39 is 0 Å². The van der Waals surface area contributed by atoms with Gasteiger partial charge in [-0.2, -0.15) is 5.26 Å². The van der Waals surface area contributed by atoms with E-state index in [1.54, 1.807) is 0 Å². The van der Waals surface area contributed by atoms with Gasteiger partial charge in [-0.1, -0.05) is 48.5 Å². The van der Waals surface area contributed by atoms with Gasteiger partial charge in [-0.25, -0.2) is 0 Å². The van der Waals surface area contributed by atoms with Crippen LogP contribution < -0.4 is 0 Å². The summed E-state index contributed by atoms with van der Waals surface area (Å²) in [6.07, 6.45) is 1.49. The second kappa shape index (κ2) is 8.10. The number of ether oxygens (including phenoxy) is 1. The van der Waals surface area contributed by atoms with Gasteiger partial charge in [0.25, 0.3) is 0 Å². The van der Waals surface area contributed by atoms with Crippen LogP contribution in [0.5, 0.6) is 0 Å². The fourth-order valence-electron chi connectivity index (χ4n) is 4.68. The molecule has 0 bridgehead atoms. The van der Waals surface area contributed by atoms with Crippen LogP contribution >= 0.6 is 0 Å². The maximum absolute atomic E-state index is 12.4. The minimum atomic E-state index is -0.234. The van der Waals surface area contributed by atoms with Crippen LogP contribution in [0.15, 0.2) is 54.6 Å². The first-order chi connectivity index (χ1) is 14.1. The summed E-state index contributed by atoms with van der Waals surface area (Å²) in [5, 5.41) is 10.7. The molecule has 4 rings (SSSR count). The summed E-state index contributed by atoms with van der Waals surface area (Å²) >= 11 is 0. The largest absolute Gasteiger partial charge is 0.469 e. The first kappa shape index (κ1) is 19.2. The molecule has 0 saturated heterocycles. The summed E-state index contributed by atoms with van der Waals surface area (Å²) in [5.74, 6) is -0.234. The van der Waals surface area contributed by atoms with Crippen molar-refractivity contribution in [3.63, 3.8) is 0 Å². The van der Waals surface area contributed by atoms with Crippen molar-refractivity contribution in [1.82, 2.24) is 9.47 Å². The molecular weight excluding hydrogens is 362 g/mol. The number of para-hydroxylation sites is 1. The SMILES string of the molecule is COC(=O)C[C@H]1c2c(c3ccccc3n2C)C[C@@H](CC#N)N1Cc1ccccc1. The minimum absolute atomic E-state index is 0.0492. The topological polar surface area (TPSA) is 58.3 Å². The summed E-state index contributed by atoms with van der Waals surface area (Å²) in [4.78, 5) is 14.7. The number of fused-ring (bicyclic) bond motifs is 3. The van der Waals surface area contributed by atoms with Crippen LogP contribution in [-0.2, 0) is 29.5 Å². The Balaban J connectivity index is 1.86. The average molecular weight is 387 g/mol. The lowest BCUT2D eigenvalue weighted by Crippen LogP contribution is -2.44. The van der Waals surface area contributed by atoms with E-state index in [1.165, 1.54) is 23.6 Å². The van der Waals surface area contributed by atoms with Crippen molar-refractivity contribution in [3.8, 4) is 6.07 Å². The Morgan fingerprint density at radius 1 is 1.17 bits per heavy atom. The third-order valence-corrected chi connectivity index (χ3v) is 6.01. The molecule has 0 unspecified atom stereocenters. The summed E-state index contributed by atoms with van der Waals surface area (Å²) in [7, 11) is 3.50. The second-order valence-corrected chi connectivity index (χ2v) is 7.61. The normalized spacial score (nSPS) is 18.9. The molecule has 0 aliphatic carbocycles. The van der Waals surface area contributed by atoms with Gasteiger partial charge in [0.2, 0.25) is 0 Å². The van der Waals surface area contributed by atoms with Crippen molar-refractivity contribution in [2.24, 2.45) is 7.05 Å². The number of nitriles is 1. The van der Waals surface area contributed by atoms with Gasteiger partial charge in [0, 0.05) is 36.2 Å². The molecule has 29 heavy (non-hydrogen) atoms. The van der Waals surface area contributed by atoms with Crippen molar-refractivity contribution >= 4 is 16.9 Å². The molecule has 0 N–H and O–H groups in total. The monoisotopic (exact) mass is 387 g/mol. The maximum Gasteiger partial charge on any atom is 0.307 e. The van der Waals surface area contributed by atoms with Gasteiger partial charge in [-0.05, 0) is 23.6 Å². The molecule has 0 radical (unpaired) electrons. The van der Waals surface area contributed by atoms with Crippen LogP contribution in [0.1, 0.15) is 35.7 Å². The lowest BCUT2D eigenvalue weighted by atomic mass is 9.88. The van der Waals surface area contributed by atoms with E-state index in [4.69, 9.17) is 4.74 Å². The van der Waals surface area contributed by atoms with Gasteiger partial charge in [0.05, 0.1) is 32.1 Å². The third-order valence-electron chi connectivity index (χ3n) is 6.01.